The van der Waals surface area contributed by atoms with Crippen molar-refractivity contribution in [2.75, 3.05) is 13.7 Å². The maximum Gasteiger partial charge on any atom is 0.134 e. The predicted octanol–water partition coefficient (Wildman–Crippen LogP) is 6.59. The third-order valence-electron chi connectivity index (χ3n) is 6.84. The predicted molar refractivity (Wildman–Crippen MR) is 111 cm³/mol. The second-order valence-electron chi connectivity index (χ2n) is 8.39. The number of hydrogen-bond acceptors (Lipinski definition) is 2. The zero-order valence-electron chi connectivity index (χ0n) is 17.0. The monoisotopic (exact) mass is 382 g/mol. The molecule has 2 saturated carbocycles. The summed E-state index contributed by atoms with van der Waals surface area (Å²) in [6.45, 7) is 2.94. The molecule has 2 aliphatic rings. The van der Waals surface area contributed by atoms with Gasteiger partial charge in [0.15, 0.2) is 0 Å². The summed E-state index contributed by atoms with van der Waals surface area (Å²) in [5.41, 5.74) is 2.96. The molecule has 2 aromatic rings. The topological polar surface area (TPSA) is 18.5 Å². The molecular formula is C25H31FO2. The lowest BCUT2D eigenvalue weighted by atomic mass is 9.65. The highest BCUT2D eigenvalue weighted by atomic mass is 19.1. The van der Waals surface area contributed by atoms with Crippen molar-refractivity contribution >= 4 is 0 Å². The first-order valence-electron chi connectivity index (χ1n) is 10.7. The van der Waals surface area contributed by atoms with E-state index in [1.807, 2.05) is 6.07 Å². The molecule has 0 aromatic heterocycles. The van der Waals surface area contributed by atoms with Gasteiger partial charge in [-0.25, -0.2) is 4.39 Å². The molecule has 4 rings (SSSR count). The highest BCUT2D eigenvalue weighted by Gasteiger charge is 2.36. The molecule has 4 atom stereocenters. The van der Waals surface area contributed by atoms with E-state index in [1.54, 1.807) is 13.2 Å². The van der Waals surface area contributed by atoms with Crippen LogP contribution < -0.4 is 4.74 Å². The number of hydrogen-bond donors (Lipinski definition) is 0. The third-order valence-corrected chi connectivity index (χ3v) is 6.84. The minimum Gasteiger partial charge on any atom is -0.497 e. The molecule has 150 valence electrons. The van der Waals surface area contributed by atoms with Crippen LogP contribution in [0.15, 0.2) is 42.5 Å². The summed E-state index contributed by atoms with van der Waals surface area (Å²) in [7, 11) is 1.56. The summed E-state index contributed by atoms with van der Waals surface area (Å²) in [5.74, 6) is 2.63. The van der Waals surface area contributed by atoms with E-state index >= 15 is 0 Å². The molecule has 0 saturated heterocycles. The van der Waals surface area contributed by atoms with Crippen LogP contribution in [0.1, 0.15) is 56.9 Å². The van der Waals surface area contributed by atoms with Gasteiger partial charge in [-0.1, -0.05) is 24.3 Å². The highest BCUT2D eigenvalue weighted by molar-refractivity contribution is 5.65. The van der Waals surface area contributed by atoms with Crippen LogP contribution in [0, 0.1) is 17.7 Å². The van der Waals surface area contributed by atoms with Gasteiger partial charge >= 0.3 is 0 Å². The second kappa shape index (κ2) is 8.65. The maximum absolute atomic E-state index is 14.4. The van der Waals surface area contributed by atoms with E-state index in [4.69, 9.17) is 9.47 Å². The summed E-state index contributed by atoms with van der Waals surface area (Å²) >= 11 is 0. The normalized spacial score (nSPS) is 27.2. The lowest BCUT2D eigenvalue weighted by molar-refractivity contribution is -0.00955. The van der Waals surface area contributed by atoms with Crippen LogP contribution in [0.4, 0.5) is 4.39 Å². The molecule has 2 aliphatic carbocycles. The van der Waals surface area contributed by atoms with E-state index in [0.717, 1.165) is 24.0 Å². The minimum atomic E-state index is -0.237. The van der Waals surface area contributed by atoms with Gasteiger partial charge in [0, 0.05) is 18.2 Å². The largest absolute Gasteiger partial charge is 0.497 e. The van der Waals surface area contributed by atoms with Crippen molar-refractivity contribution in [1.82, 2.24) is 0 Å². The van der Waals surface area contributed by atoms with Crippen molar-refractivity contribution in [1.29, 1.82) is 0 Å². The Hall–Kier alpha value is -1.87. The summed E-state index contributed by atoms with van der Waals surface area (Å²) in [6, 6.07) is 13.6. The van der Waals surface area contributed by atoms with E-state index in [9.17, 15) is 4.39 Å². The van der Waals surface area contributed by atoms with Crippen LogP contribution in [0.5, 0.6) is 5.75 Å². The molecule has 0 bridgehead atoms. The number of rotatable bonds is 5. The Morgan fingerprint density at radius 2 is 1.68 bits per heavy atom. The van der Waals surface area contributed by atoms with Gasteiger partial charge in [0.25, 0.3) is 0 Å². The highest BCUT2D eigenvalue weighted by Crippen LogP contribution is 2.46. The van der Waals surface area contributed by atoms with E-state index in [-0.39, 0.29) is 5.82 Å². The van der Waals surface area contributed by atoms with Crippen LogP contribution in [0.2, 0.25) is 0 Å². The molecule has 28 heavy (non-hydrogen) atoms. The molecule has 3 heteroatoms. The summed E-state index contributed by atoms with van der Waals surface area (Å²) in [6.07, 6.45) is 8.13. The van der Waals surface area contributed by atoms with Gasteiger partial charge in [0.05, 0.1) is 13.2 Å². The molecule has 4 unspecified atom stereocenters. The van der Waals surface area contributed by atoms with Crippen LogP contribution >= 0.6 is 0 Å². The van der Waals surface area contributed by atoms with Gasteiger partial charge in [0.1, 0.15) is 11.6 Å². The van der Waals surface area contributed by atoms with Gasteiger partial charge in [-0.15, -0.1) is 0 Å². The zero-order valence-corrected chi connectivity index (χ0v) is 17.0. The maximum atomic E-state index is 14.4. The number of fused-ring (bicyclic) bond motifs is 1. The smallest absolute Gasteiger partial charge is 0.134 e. The fourth-order valence-corrected chi connectivity index (χ4v) is 5.33. The minimum absolute atomic E-state index is 0.237. The number of halogens is 1. The number of methoxy groups -OCH3 is 1. The van der Waals surface area contributed by atoms with Gasteiger partial charge in [-0.05, 0) is 86.5 Å². The number of ether oxygens (including phenoxy) is 2. The Bertz CT molecular complexity index is 786. The van der Waals surface area contributed by atoms with Crippen LogP contribution in [-0.2, 0) is 4.74 Å². The summed E-state index contributed by atoms with van der Waals surface area (Å²) in [5, 5.41) is 0. The molecule has 2 aromatic carbocycles. The lowest BCUT2D eigenvalue weighted by Crippen LogP contribution is -2.33. The molecule has 0 N–H and O–H groups in total. The molecule has 0 radical (unpaired) electrons. The van der Waals surface area contributed by atoms with Gasteiger partial charge in [0.2, 0.25) is 0 Å². The van der Waals surface area contributed by atoms with E-state index < -0.39 is 0 Å². The van der Waals surface area contributed by atoms with E-state index in [0.29, 0.717) is 23.3 Å². The molecule has 2 nitrogen and oxygen atoms in total. The van der Waals surface area contributed by atoms with Crippen molar-refractivity contribution < 1.29 is 13.9 Å². The van der Waals surface area contributed by atoms with Crippen molar-refractivity contribution in [3.05, 3.63) is 53.8 Å². The van der Waals surface area contributed by atoms with Gasteiger partial charge < -0.3 is 9.47 Å². The third kappa shape index (κ3) is 4.10. The standard InChI is InChI=1S/C25H31FO2/c1-3-28-23-11-10-20-14-19(8-9-21(20)15-23)17-4-6-18(7-5-17)24-13-12-22(27-2)16-25(24)26/h4-7,12-13,16,19-21,23H,3,8-11,14-15H2,1-2H3. The van der Waals surface area contributed by atoms with Gasteiger partial charge in [-0.2, -0.15) is 0 Å². The first-order chi connectivity index (χ1) is 13.7. The Morgan fingerprint density at radius 3 is 2.39 bits per heavy atom. The second-order valence-corrected chi connectivity index (χ2v) is 8.39. The molecule has 0 spiro atoms. The fraction of sp³-hybridized carbons (Fsp3) is 0.520. The van der Waals surface area contributed by atoms with Crippen molar-refractivity contribution in [3.8, 4) is 16.9 Å². The van der Waals surface area contributed by atoms with Crippen LogP contribution in [-0.4, -0.2) is 19.8 Å². The summed E-state index contributed by atoms with van der Waals surface area (Å²) in [4.78, 5) is 0. The Balaban J connectivity index is 1.42. The van der Waals surface area contributed by atoms with Crippen molar-refractivity contribution in [2.45, 2.75) is 57.5 Å². The molecule has 0 aliphatic heterocycles. The Labute approximate surface area is 168 Å². The van der Waals surface area contributed by atoms with E-state index in [2.05, 4.69) is 31.2 Å². The SMILES string of the molecule is CCOC1CCC2CC(c3ccc(-c4ccc(OC)cc4F)cc3)CCC2C1. The zero-order chi connectivity index (χ0) is 19.5. The average molecular weight is 383 g/mol. The quantitative estimate of drug-likeness (QED) is 0.581. The first kappa shape index (κ1) is 19.4. The molecular weight excluding hydrogens is 351 g/mol. The Morgan fingerprint density at radius 1 is 0.929 bits per heavy atom. The van der Waals surface area contributed by atoms with Crippen LogP contribution in [0.25, 0.3) is 11.1 Å². The molecule has 0 heterocycles. The van der Waals surface area contributed by atoms with Gasteiger partial charge in [-0.3, -0.25) is 0 Å². The lowest BCUT2D eigenvalue weighted by Gasteiger charge is -2.42. The van der Waals surface area contributed by atoms with Crippen molar-refractivity contribution in [2.24, 2.45) is 11.8 Å². The fourth-order valence-electron chi connectivity index (χ4n) is 5.33. The average Bonchev–Trinajstić information content (AvgIpc) is 2.73. The number of benzene rings is 2. The Kier molecular flexibility index (Phi) is 6.01. The molecule has 2 fully saturated rings. The van der Waals surface area contributed by atoms with Crippen molar-refractivity contribution in [3.63, 3.8) is 0 Å². The van der Waals surface area contributed by atoms with Crippen LogP contribution in [0.3, 0.4) is 0 Å². The summed E-state index contributed by atoms with van der Waals surface area (Å²) < 4.78 is 25.3. The first-order valence-corrected chi connectivity index (χ1v) is 10.7. The van der Waals surface area contributed by atoms with E-state index in [1.165, 1.54) is 50.2 Å². The molecule has 0 amide bonds.